The van der Waals surface area contributed by atoms with Crippen LogP contribution in [0.25, 0.3) is 0 Å². The van der Waals surface area contributed by atoms with Crippen LogP contribution in [-0.4, -0.2) is 22.5 Å². The minimum Gasteiger partial charge on any atom is -1.00 e. The Kier molecular flexibility index (Phi) is 8.09. The first-order chi connectivity index (χ1) is 11.3. The van der Waals surface area contributed by atoms with Gasteiger partial charge in [-0.3, -0.25) is 4.79 Å². The molecular weight excluding hydrogens is 381 g/mol. The van der Waals surface area contributed by atoms with Crippen molar-refractivity contribution >= 4 is 24.3 Å². The van der Waals surface area contributed by atoms with Crippen molar-refractivity contribution < 1.29 is 31.0 Å². The number of nitrogens with zero attached hydrogens (tertiary/aromatic N) is 2. The maximum absolute atomic E-state index is 12.1. The summed E-state index contributed by atoms with van der Waals surface area (Å²) in [6.07, 6.45) is 5.35. The summed E-state index contributed by atoms with van der Waals surface area (Å²) in [5, 5.41) is 3.16. The first-order valence-corrected chi connectivity index (χ1v) is 10.3. The fourth-order valence-corrected chi connectivity index (χ4v) is 4.83. The number of halogens is 1. The van der Waals surface area contributed by atoms with Gasteiger partial charge in [0.25, 0.3) is 0 Å². The fourth-order valence-electron chi connectivity index (χ4n) is 1.99. The molecule has 6 nitrogen and oxygen atoms in total. The highest BCUT2D eigenvalue weighted by atomic mass is 35.5. The number of hydrogen-bond acceptors (Lipinski definition) is 4. The lowest BCUT2D eigenvalue weighted by atomic mass is 10.3. The molecule has 1 N–H and O–H groups in total. The molecule has 2 rings (SSSR count). The quantitative estimate of drug-likeness (QED) is 0.380. The largest absolute Gasteiger partial charge is 1.00 e. The van der Waals surface area contributed by atoms with E-state index in [1.54, 1.807) is 11.3 Å². The lowest BCUT2D eigenvalue weighted by molar-refractivity contribution is -0.670. The van der Waals surface area contributed by atoms with Crippen molar-refractivity contribution in [1.82, 2.24) is 9.42 Å². The van der Waals surface area contributed by atoms with Crippen LogP contribution in [0.1, 0.15) is 20.8 Å². The van der Waals surface area contributed by atoms with E-state index in [1.807, 2.05) is 74.5 Å². The van der Waals surface area contributed by atoms with E-state index in [0.29, 0.717) is 5.75 Å². The van der Waals surface area contributed by atoms with Crippen molar-refractivity contribution in [3.05, 3.63) is 49.1 Å². The van der Waals surface area contributed by atoms with E-state index in [4.69, 9.17) is 21.1 Å². The fraction of sp³-hybridized carbons (Fsp3) is 0.375. The van der Waals surface area contributed by atoms with E-state index in [9.17, 15) is 4.79 Å². The van der Waals surface area contributed by atoms with Crippen LogP contribution < -0.4 is 26.6 Å². The Morgan fingerprint density at radius 2 is 1.92 bits per heavy atom. The van der Waals surface area contributed by atoms with Crippen molar-refractivity contribution in [2.45, 2.75) is 32.9 Å². The number of esters is 1. The van der Waals surface area contributed by atoms with Crippen LogP contribution >= 0.6 is 6.57 Å². The van der Waals surface area contributed by atoms with Crippen molar-refractivity contribution in [3.8, 4) is 5.75 Å². The average molecular weight is 404 g/mol. The molecule has 1 heterocycles. The van der Waals surface area contributed by atoms with Gasteiger partial charge in [-0.05, 0) is 32.9 Å². The number of rotatable bonds is 7. The second-order valence-electron chi connectivity index (χ2n) is 5.72. The highest BCUT2D eigenvalue weighted by Crippen LogP contribution is 2.45. The summed E-state index contributed by atoms with van der Waals surface area (Å²) in [5.41, 5.74) is 0. The normalized spacial score (nSPS) is 14.3. The Morgan fingerprint density at radius 1 is 1.28 bits per heavy atom. The first-order valence-electron chi connectivity index (χ1n) is 7.67. The summed E-state index contributed by atoms with van der Waals surface area (Å²) in [6.45, 7) is 2.60. The number of aromatic nitrogens is 2. The molecule has 0 unspecified atom stereocenters. The Labute approximate surface area is 159 Å². The second-order valence-corrected chi connectivity index (χ2v) is 9.15. The van der Waals surface area contributed by atoms with Crippen LogP contribution in [0.15, 0.2) is 49.1 Å². The molecule has 1 aromatic carbocycles. The number of imidazole rings is 1. The molecule has 0 bridgehead atoms. The minimum atomic E-state index is -2.75. The molecule has 2 aromatic rings. The predicted octanol–water partition coefficient (Wildman–Crippen LogP) is -0.602. The van der Waals surface area contributed by atoms with Gasteiger partial charge in [0.05, 0.1) is 13.2 Å². The van der Waals surface area contributed by atoms with Crippen molar-refractivity contribution in [2.24, 2.45) is 7.05 Å². The maximum Gasteiger partial charge on any atom is 0.367 e. The number of para-hydroxylation sites is 1. The molecule has 0 spiro atoms. The first kappa shape index (κ1) is 21.6. The number of hydrogen-bond donors (Lipinski definition) is 1. The second kappa shape index (κ2) is 9.34. The maximum atomic E-state index is 12.1. The van der Waals surface area contributed by atoms with Gasteiger partial charge in [0.15, 0.2) is 0 Å². The molecule has 0 aliphatic heterocycles. The molecule has 0 aliphatic carbocycles. The Morgan fingerprint density at radius 3 is 2.44 bits per heavy atom. The zero-order valence-corrected chi connectivity index (χ0v) is 17.1. The van der Waals surface area contributed by atoms with Gasteiger partial charge in [-0.15, -0.1) is 0 Å². The summed E-state index contributed by atoms with van der Waals surface area (Å²) >= 11 is 5.79. The topological polar surface area (TPSA) is 56.4 Å². The lowest BCUT2D eigenvalue weighted by Crippen LogP contribution is -3.00. The van der Waals surface area contributed by atoms with Crippen molar-refractivity contribution in [1.29, 1.82) is 0 Å². The molecule has 0 amide bonds. The molecule has 0 aliphatic rings. The van der Waals surface area contributed by atoms with Crippen LogP contribution in [0, 0.1) is 0 Å². The number of carbonyl (C=O) groups excluding carboxylic acids is 1. The van der Waals surface area contributed by atoms with Gasteiger partial charge in [0, 0.05) is 11.8 Å². The summed E-state index contributed by atoms with van der Waals surface area (Å²) in [5.74, 6) is 0.293. The van der Waals surface area contributed by atoms with Gasteiger partial charge in [0.1, 0.15) is 24.2 Å². The third-order valence-corrected chi connectivity index (χ3v) is 6.22. The monoisotopic (exact) mass is 403 g/mol. The van der Waals surface area contributed by atoms with Gasteiger partial charge in [-0.2, -0.15) is 4.34 Å². The standard InChI is InChI=1S/C16H23N3O3PS.ClH/c1-13(2)21-16(20)14(3)17-23(24,19-11-10-18(4)12-19)22-15-8-6-5-7-9-15;/h5-14H,1-4H3,(H,17,24);1H/q+1;/p-1/t14-,23+;/m0./s1. The summed E-state index contributed by atoms with van der Waals surface area (Å²) in [7, 11) is 1.90. The van der Waals surface area contributed by atoms with Gasteiger partial charge < -0.3 is 21.7 Å². The van der Waals surface area contributed by atoms with E-state index in [1.165, 1.54) is 0 Å². The summed E-state index contributed by atoms with van der Waals surface area (Å²) in [6, 6.07) is 8.74. The van der Waals surface area contributed by atoms with E-state index in [0.717, 1.165) is 0 Å². The third-order valence-electron chi connectivity index (χ3n) is 3.09. The van der Waals surface area contributed by atoms with Gasteiger partial charge in [-0.1, -0.05) is 18.2 Å². The highest BCUT2D eigenvalue weighted by Gasteiger charge is 2.33. The zero-order chi connectivity index (χ0) is 17.7. The van der Waals surface area contributed by atoms with E-state index >= 15 is 0 Å². The number of carbonyl (C=O) groups is 1. The SMILES string of the molecule is CC(C)OC(=O)[C@H](C)N[P@](=S)(Oc1ccccc1)n1cc[n+](C)c1.[Cl-]. The zero-order valence-electron chi connectivity index (χ0n) is 14.6. The molecule has 9 heteroatoms. The average Bonchev–Trinajstić information content (AvgIpc) is 2.95. The van der Waals surface area contributed by atoms with E-state index in [2.05, 4.69) is 5.09 Å². The summed E-state index contributed by atoms with van der Waals surface area (Å²) in [4.78, 5) is 12.1. The third kappa shape index (κ3) is 6.12. The van der Waals surface area contributed by atoms with Crippen molar-refractivity contribution in [3.63, 3.8) is 0 Å². The number of ether oxygens (including phenoxy) is 1. The van der Waals surface area contributed by atoms with Crippen LogP contribution in [0.5, 0.6) is 5.75 Å². The van der Waals surface area contributed by atoms with Crippen LogP contribution in [0.4, 0.5) is 0 Å². The highest BCUT2D eigenvalue weighted by molar-refractivity contribution is 8.10. The molecule has 0 saturated carbocycles. The number of benzene rings is 1. The van der Waals surface area contributed by atoms with Gasteiger partial charge >= 0.3 is 12.5 Å². The molecule has 25 heavy (non-hydrogen) atoms. The molecule has 1 aromatic heterocycles. The number of nitrogens with one attached hydrogen (secondary N) is 1. The predicted molar refractivity (Wildman–Crippen MR) is 96.2 cm³/mol. The van der Waals surface area contributed by atoms with Crippen LogP contribution in [0.2, 0.25) is 0 Å². The molecule has 0 radical (unpaired) electrons. The molecule has 2 atom stereocenters. The van der Waals surface area contributed by atoms with E-state index in [-0.39, 0.29) is 24.5 Å². The number of aryl methyl sites for hydroxylation is 1. The molecule has 0 fully saturated rings. The molecule has 0 saturated heterocycles. The summed E-state index contributed by atoms with van der Waals surface area (Å²) < 4.78 is 15.0. The molecule has 138 valence electrons. The Bertz CT molecular complexity index is 739. The van der Waals surface area contributed by atoms with Crippen LogP contribution in [0.3, 0.4) is 0 Å². The Hall–Kier alpha value is -1.40. The van der Waals surface area contributed by atoms with Gasteiger partial charge in [0.2, 0.25) is 6.33 Å². The Balaban J connectivity index is 0.00000312. The lowest BCUT2D eigenvalue weighted by Gasteiger charge is -2.23. The van der Waals surface area contributed by atoms with E-state index < -0.39 is 12.6 Å². The molecular formula is C16H23ClN3O3PS. The van der Waals surface area contributed by atoms with Crippen molar-refractivity contribution in [2.75, 3.05) is 0 Å². The van der Waals surface area contributed by atoms with Crippen LogP contribution in [-0.2, 0) is 28.4 Å². The minimum absolute atomic E-state index is 0. The van der Waals surface area contributed by atoms with Gasteiger partial charge in [-0.25, -0.2) is 9.65 Å². The smallest absolute Gasteiger partial charge is 0.367 e.